The SMILES string of the molecule is CC(C)(C)OC(=O)NCC12CCC(C1)C(=O)N2. The fraction of sp³-hybridized carbons (Fsp3) is 0.833. The lowest BCUT2D eigenvalue weighted by Gasteiger charge is -2.28. The second kappa shape index (κ2) is 3.89. The molecule has 2 N–H and O–H groups in total. The lowest BCUT2D eigenvalue weighted by molar-refractivity contribution is -0.124. The molecule has 0 spiro atoms. The van der Waals surface area contributed by atoms with Crippen LogP contribution in [0.3, 0.4) is 0 Å². The maximum atomic E-state index is 11.5. The number of hydrogen-bond donors (Lipinski definition) is 2. The summed E-state index contributed by atoms with van der Waals surface area (Å²) in [5.74, 6) is 0.276. The first-order valence-electron chi connectivity index (χ1n) is 6.09. The Kier molecular flexibility index (Phi) is 2.79. The summed E-state index contributed by atoms with van der Waals surface area (Å²) in [5, 5.41) is 5.72. The second-order valence-corrected chi connectivity index (χ2v) is 6.06. The molecule has 0 aromatic carbocycles. The van der Waals surface area contributed by atoms with Gasteiger partial charge >= 0.3 is 6.09 Å². The van der Waals surface area contributed by atoms with Gasteiger partial charge in [0.2, 0.25) is 5.91 Å². The predicted octanol–water partition coefficient (Wildman–Crippen LogP) is 1.18. The molecule has 1 saturated heterocycles. The molecule has 2 aliphatic rings. The zero-order valence-corrected chi connectivity index (χ0v) is 10.6. The summed E-state index contributed by atoms with van der Waals surface area (Å²) in [5.41, 5.74) is -0.711. The highest BCUT2D eigenvalue weighted by Gasteiger charge is 2.49. The van der Waals surface area contributed by atoms with E-state index >= 15 is 0 Å². The van der Waals surface area contributed by atoms with Gasteiger partial charge in [-0.25, -0.2) is 4.79 Å². The van der Waals surface area contributed by atoms with E-state index in [1.165, 1.54) is 0 Å². The Morgan fingerprint density at radius 3 is 2.76 bits per heavy atom. The fourth-order valence-corrected chi connectivity index (χ4v) is 2.59. The van der Waals surface area contributed by atoms with Gasteiger partial charge in [0.05, 0.1) is 5.54 Å². The first kappa shape index (κ1) is 12.2. The van der Waals surface area contributed by atoms with Crippen LogP contribution < -0.4 is 10.6 Å². The minimum absolute atomic E-state index is 0.127. The predicted molar refractivity (Wildman–Crippen MR) is 62.5 cm³/mol. The molecule has 17 heavy (non-hydrogen) atoms. The van der Waals surface area contributed by atoms with Gasteiger partial charge in [-0.1, -0.05) is 0 Å². The summed E-state index contributed by atoms with van der Waals surface area (Å²) < 4.78 is 5.16. The largest absolute Gasteiger partial charge is 0.444 e. The molecule has 0 aromatic rings. The second-order valence-electron chi connectivity index (χ2n) is 6.06. The number of rotatable bonds is 2. The Morgan fingerprint density at radius 2 is 2.29 bits per heavy atom. The van der Waals surface area contributed by atoms with E-state index in [1.807, 2.05) is 20.8 Å². The normalized spacial score (nSPS) is 31.2. The van der Waals surface area contributed by atoms with Crippen LogP contribution in [0.15, 0.2) is 0 Å². The number of amides is 2. The molecule has 2 unspecified atom stereocenters. The average Bonchev–Trinajstić information content (AvgIpc) is 2.69. The first-order valence-corrected chi connectivity index (χ1v) is 6.09. The van der Waals surface area contributed by atoms with E-state index < -0.39 is 11.7 Å². The third-order valence-corrected chi connectivity index (χ3v) is 3.34. The molecule has 0 radical (unpaired) electrons. The van der Waals surface area contributed by atoms with Crippen molar-refractivity contribution in [3.8, 4) is 0 Å². The molecule has 2 atom stereocenters. The van der Waals surface area contributed by atoms with E-state index in [0.717, 1.165) is 19.3 Å². The van der Waals surface area contributed by atoms with Crippen LogP contribution in [0.1, 0.15) is 40.0 Å². The van der Waals surface area contributed by atoms with E-state index in [1.54, 1.807) is 0 Å². The summed E-state index contributed by atoms with van der Waals surface area (Å²) in [7, 11) is 0. The van der Waals surface area contributed by atoms with E-state index in [-0.39, 0.29) is 17.4 Å². The minimum atomic E-state index is -0.487. The lowest BCUT2D eigenvalue weighted by Crippen LogP contribution is -2.51. The topological polar surface area (TPSA) is 67.4 Å². The zero-order chi connectivity index (χ0) is 12.7. The van der Waals surface area contributed by atoms with Gasteiger partial charge in [0.25, 0.3) is 0 Å². The number of alkyl carbamates (subject to hydrolysis) is 1. The first-order chi connectivity index (χ1) is 7.80. The smallest absolute Gasteiger partial charge is 0.407 e. The van der Waals surface area contributed by atoms with Crippen molar-refractivity contribution >= 4 is 12.0 Å². The third kappa shape index (κ3) is 2.70. The lowest BCUT2D eigenvalue weighted by atomic mass is 9.99. The summed E-state index contributed by atoms with van der Waals surface area (Å²) in [6.07, 6.45) is 2.29. The van der Waals surface area contributed by atoms with Crippen LogP contribution >= 0.6 is 0 Å². The molecule has 96 valence electrons. The van der Waals surface area contributed by atoms with E-state index in [0.29, 0.717) is 6.54 Å². The summed E-state index contributed by atoms with van der Waals surface area (Å²) >= 11 is 0. The molecule has 1 aliphatic carbocycles. The van der Waals surface area contributed by atoms with Gasteiger partial charge in [0, 0.05) is 12.5 Å². The van der Waals surface area contributed by atoms with Crippen LogP contribution in [0.2, 0.25) is 0 Å². The van der Waals surface area contributed by atoms with Crippen LogP contribution in [0, 0.1) is 5.92 Å². The third-order valence-electron chi connectivity index (χ3n) is 3.34. The highest BCUT2D eigenvalue weighted by Crippen LogP contribution is 2.40. The van der Waals surface area contributed by atoms with Gasteiger partial charge in [-0.15, -0.1) is 0 Å². The van der Waals surface area contributed by atoms with Gasteiger partial charge in [0.1, 0.15) is 5.60 Å². The molecule has 1 heterocycles. The van der Waals surface area contributed by atoms with Gasteiger partial charge in [-0.3, -0.25) is 4.79 Å². The maximum Gasteiger partial charge on any atom is 0.407 e. The van der Waals surface area contributed by atoms with Crippen molar-refractivity contribution in [1.82, 2.24) is 10.6 Å². The van der Waals surface area contributed by atoms with Crippen LogP contribution in [0.4, 0.5) is 4.79 Å². The van der Waals surface area contributed by atoms with Crippen molar-refractivity contribution in [2.75, 3.05) is 6.54 Å². The number of carbonyl (C=O) groups excluding carboxylic acids is 2. The standard InChI is InChI=1S/C12H20N2O3/c1-11(2,3)17-10(16)13-7-12-5-4-8(6-12)9(15)14-12/h8H,4-7H2,1-3H3,(H,13,16)(H,14,15). The molecule has 5 heteroatoms. The van der Waals surface area contributed by atoms with Gasteiger partial charge < -0.3 is 15.4 Å². The highest BCUT2D eigenvalue weighted by molar-refractivity contribution is 5.83. The number of carbonyl (C=O) groups is 2. The molecule has 1 saturated carbocycles. The highest BCUT2D eigenvalue weighted by atomic mass is 16.6. The quantitative estimate of drug-likeness (QED) is 0.761. The molecular formula is C12H20N2O3. The number of fused-ring (bicyclic) bond motifs is 2. The molecule has 0 aromatic heterocycles. The fourth-order valence-electron chi connectivity index (χ4n) is 2.59. The molecular weight excluding hydrogens is 220 g/mol. The Bertz CT molecular complexity index is 348. The Labute approximate surface area is 101 Å². The van der Waals surface area contributed by atoms with Crippen molar-refractivity contribution in [3.63, 3.8) is 0 Å². The van der Waals surface area contributed by atoms with E-state index in [4.69, 9.17) is 4.74 Å². The molecule has 2 bridgehead atoms. The van der Waals surface area contributed by atoms with Crippen LogP contribution in [-0.4, -0.2) is 29.7 Å². The number of nitrogens with one attached hydrogen (secondary N) is 2. The van der Waals surface area contributed by atoms with Crippen LogP contribution in [0.5, 0.6) is 0 Å². The summed E-state index contributed by atoms with van der Waals surface area (Å²) in [6.45, 7) is 5.94. The molecule has 2 amide bonds. The van der Waals surface area contributed by atoms with Crippen LogP contribution in [0.25, 0.3) is 0 Å². The average molecular weight is 240 g/mol. The van der Waals surface area contributed by atoms with Crippen molar-refractivity contribution in [1.29, 1.82) is 0 Å². The summed E-state index contributed by atoms with van der Waals surface area (Å²) in [4.78, 5) is 23.0. The van der Waals surface area contributed by atoms with Crippen molar-refractivity contribution in [3.05, 3.63) is 0 Å². The van der Waals surface area contributed by atoms with Crippen molar-refractivity contribution in [2.45, 2.75) is 51.2 Å². The Morgan fingerprint density at radius 1 is 1.59 bits per heavy atom. The molecule has 2 rings (SSSR count). The van der Waals surface area contributed by atoms with Gasteiger partial charge in [-0.05, 0) is 40.0 Å². The number of hydrogen-bond acceptors (Lipinski definition) is 3. The van der Waals surface area contributed by atoms with Crippen LogP contribution in [-0.2, 0) is 9.53 Å². The van der Waals surface area contributed by atoms with Gasteiger partial charge in [0.15, 0.2) is 0 Å². The van der Waals surface area contributed by atoms with E-state index in [9.17, 15) is 9.59 Å². The van der Waals surface area contributed by atoms with Gasteiger partial charge in [-0.2, -0.15) is 0 Å². The Hall–Kier alpha value is -1.26. The molecule has 5 nitrogen and oxygen atoms in total. The minimum Gasteiger partial charge on any atom is -0.444 e. The number of piperidine rings is 1. The molecule has 1 aliphatic heterocycles. The van der Waals surface area contributed by atoms with Crippen molar-refractivity contribution in [2.24, 2.45) is 5.92 Å². The monoisotopic (exact) mass is 240 g/mol. The maximum absolute atomic E-state index is 11.5. The number of ether oxygens (including phenoxy) is 1. The van der Waals surface area contributed by atoms with Crippen molar-refractivity contribution < 1.29 is 14.3 Å². The summed E-state index contributed by atoms with van der Waals surface area (Å²) in [6, 6.07) is 0. The molecule has 2 fully saturated rings. The van der Waals surface area contributed by atoms with E-state index in [2.05, 4.69) is 10.6 Å². The zero-order valence-electron chi connectivity index (χ0n) is 10.6. The Balaban J connectivity index is 1.83.